The fraction of sp³-hybridized carbons (Fsp3) is 0.250. The molecule has 2 heterocycles. The highest BCUT2D eigenvalue weighted by Gasteiger charge is 2.14. The van der Waals surface area contributed by atoms with E-state index in [9.17, 15) is 10.0 Å². The predicted octanol–water partition coefficient (Wildman–Crippen LogP) is 0.688. The molecule has 0 aliphatic heterocycles. The van der Waals surface area contributed by atoms with Gasteiger partial charge in [0.25, 0.3) is 0 Å². The lowest BCUT2D eigenvalue weighted by Gasteiger charge is -2.12. The summed E-state index contributed by atoms with van der Waals surface area (Å²) < 4.78 is 2.58. The molecule has 1 amide bonds. The van der Waals surface area contributed by atoms with E-state index in [0.717, 1.165) is 16.1 Å². The van der Waals surface area contributed by atoms with Gasteiger partial charge >= 0.3 is 0 Å². The minimum absolute atomic E-state index is 0.0528. The average molecular weight is 247 g/mol. The summed E-state index contributed by atoms with van der Waals surface area (Å²) in [6.07, 6.45) is 4.80. The Balaban J connectivity index is 2.43. The Labute approximate surface area is 105 Å². The van der Waals surface area contributed by atoms with Gasteiger partial charge in [-0.25, -0.2) is 4.68 Å². The molecule has 2 aromatic heterocycles. The highest BCUT2D eigenvalue weighted by Crippen LogP contribution is 2.19. The number of nitrogens with zero attached hydrogens (tertiary/aromatic N) is 4. The number of hydrogen-bond donors (Lipinski definition) is 1. The number of aromatic nitrogens is 3. The summed E-state index contributed by atoms with van der Waals surface area (Å²) >= 11 is 0. The highest BCUT2D eigenvalue weighted by atomic mass is 16.5. The van der Waals surface area contributed by atoms with Crippen molar-refractivity contribution in [3.8, 4) is 5.69 Å². The molecular weight excluding hydrogens is 232 g/mol. The summed E-state index contributed by atoms with van der Waals surface area (Å²) in [6.45, 7) is 3.34. The smallest absolute Gasteiger partial charge is 0.247 e. The number of pyridine rings is 1. The second-order valence-electron chi connectivity index (χ2n) is 4.06. The molecular formula is C12H15N4O2+. The Morgan fingerprint density at radius 2 is 2.28 bits per heavy atom. The Morgan fingerprint density at radius 1 is 1.56 bits per heavy atom. The van der Waals surface area contributed by atoms with Crippen LogP contribution in [0.5, 0.6) is 0 Å². The van der Waals surface area contributed by atoms with Crippen molar-refractivity contribution in [3.05, 3.63) is 36.4 Å². The second-order valence-corrected chi connectivity index (χ2v) is 4.06. The van der Waals surface area contributed by atoms with Gasteiger partial charge in [-0.05, 0) is 13.0 Å². The van der Waals surface area contributed by atoms with Gasteiger partial charge in [0.1, 0.15) is 5.69 Å². The zero-order valence-corrected chi connectivity index (χ0v) is 10.5. The average Bonchev–Trinajstić information content (AvgIpc) is 2.70. The lowest BCUT2D eigenvalue weighted by molar-refractivity contribution is -0.904. The number of anilines is 1. The molecule has 1 N–H and O–H groups in total. The molecule has 6 nitrogen and oxygen atoms in total. The molecule has 94 valence electrons. The maximum atomic E-state index is 11.3. The molecule has 0 fully saturated rings. The van der Waals surface area contributed by atoms with Crippen molar-refractivity contribution in [2.45, 2.75) is 13.8 Å². The zero-order chi connectivity index (χ0) is 13.3. The molecule has 0 radical (unpaired) electrons. The van der Waals surface area contributed by atoms with Gasteiger partial charge in [0, 0.05) is 24.8 Å². The lowest BCUT2D eigenvalue weighted by Crippen LogP contribution is -2.29. The van der Waals surface area contributed by atoms with Crippen LogP contribution < -0.4 is 9.63 Å². The van der Waals surface area contributed by atoms with Crippen molar-refractivity contribution >= 4 is 11.6 Å². The van der Waals surface area contributed by atoms with Crippen LogP contribution in [0.4, 0.5) is 5.69 Å². The van der Waals surface area contributed by atoms with Crippen LogP contribution in [0.1, 0.15) is 12.6 Å². The summed E-state index contributed by atoms with van der Waals surface area (Å²) in [5, 5.41) is 13.7. The first-order chi connectivity index (χ1) is 8.49. The minimum Gasteiger partial charge on any atom is -0.313 e. The number of amides is 1. The Morgan fingerprint density at radius 3 is 2.89 bits per heavy atom. The summed E-state index contributed by atoms with van der Waals surface area (Å²) in [7, 11) is 1.70. The topological polar surface area (TPSA) is 62.2 Å². The maximum Gasteiger partial charge on any atom is 0.247 e. The van der Waals surface area contributed by atoms with Gasteiger partial charge in [0.15, 0.2) is 0 Å². The number of carbonyl (C=O) groups excluding carboxylic acids is 1. The third-order valence-corrected chi connectivity index (χ3v) is 2.74. The maximum absolute atomic E-state index is 11.3. The van der Waals surface area contributed by atoms with Gasteiger partial charge in [-0.3, -0.25) is 10.0 Å². The van der Waals surface area contributed by atoms with E-state index in [1.807, 2.05) is 13.0 Å². The third-order valence-electron chi connectivity index (χ3n) is 2.74. The first-order valence-electron chi connectivity index (χ1n) is 5.50. The lowest BCUT2D eigenvalue weighted by atomic mass is 10.3. The molecule has 18 heavy (non-hydrogen) atoms. The van der Waals surface area contributed by atoms with Gasteiger partial charge in [-0.15, -0.1) is 0 Å². The number of carbonyl (C=O) groups is 1. The SMILES string of the molecule is CC(=O)N(C)c1cn(-c2ccc[n+](O)c2)nc1C. The van der Waals surface area contributed by atoms with Crippen molar-refractivity contribution in [3.63, 3.8) is 0 Å². The van der Waals surface area contributed by atoms with Crippen LogP contribution in [-0.2, 0) is 4.79 Å². The molecule has 2 aromatic rings. The van der Waals surface area contributed by atoms with Crippen molar-refractivity contribution < 1.29 is 14.7 Å². The number of hydrogen-bond acceptors (Lipinski definition) is 3. The van der Waals surface area contributed by atoms with E-state index < -0.39 is 0 Å². The fourth-order valence-corrected chi connectivity index (χ4v) is 1.67. The van der Waals surface area contributed by atoms with E-state index >= 15 is 0 Å². The molecule has 6 heteroatoms. The molecule has 0 aromatic carbocycles. The standard InChI is InChI=1S/C12H15N4O2/c1-9-12(14(3)10(2)17)8-16(13-9)11-5-4-6-15(18)7-11/h4-8,18H,1-3H3/q+1. The molecule has 0 aliphatic carbocycles. The quantitative estimate of drug-likeness (QED) is 0.627. The molecule has 0 spiro atoms. The first kappa shape index (κ1) is 12.1. The molecule has 0 atom stereocenters. The van der Waals surface area contributed by atoms with Crippen molar-refractivity contribution in [1.82, 2.24) is 9.78 Å². The van der Waals surface area contributed by atoms with Crippen LogP contribution in [0, 0.1) is 6.92 Å². The van der Waals surface area contributed by atoms with E-state index in [-0.39, 0.29) is 5.91 Å². The molecule has 0 bridgehead atoms. The Bertz CT molecular complexity index is 592. The fourth-order valence-electron chi connectivity index (χ4n) is 1.67. The Hall–Kier alpha value is -2.37. The van der Waals surface area contributed by atoms with Gasteiger partial charge in [0.05, 0.1) is 17.6 Å². The molecule has 0 saturated heterocycles. The van der Waals surface area contributed by atoms with Crippen LogP contribution in [0.15, 0.2) is 30.7 Å². The summed E-state index contributed by atoms with van der Waals surface area (Å²) in [4.78, 5) is 12.9. The van der Waals surface area contributed by atoms with Gasteiger partial charge in [-0.2, -0.15) is 5.10 Å². The van der Waals surface area contributed by atoms with Crippen LogP contribution in [0.3, 0.4) is 0 Å². The predicted molar refractivity (Wildman–Crippen MR) is 64.8 cm³/mol. The van der Waals surface area contributed by atoms with E-state index in [4.69, 9.17) is 0 Å². The van der Waals surface area contributed by atoms with Crippen LogP contribution in [0.25, 0.3) is 5.69 Å². The minimum atomic E-state index is -0.0528. The highest BCUT2D eigenvalue weighted by molar-refractivity contribution is 5.91. The van der Waals surface area contributed by atoms with E-state index in [2.05, 4.69) is 5.10 Å². The third kappa shape index (κ3) is 2.17. The van der Waals surface area contributed by atoms with Gasteiger partial charge in [-0.1, -0.05) is 0 Å². The van der Waals surface area contributed by atoms with E-state index in [1.54, 1.807) is 24.0 Å². The summed E-state index contributed by atoms with van der Waals surface area (Å²) in [5.41, 5.74) is 2.21. The van der Waals surface area contributed by atoms with Crippen LogP contribution >= 0.6 is 0 Å². The largest absolute Gasteiger partial charge is 0.313 e. The summed E-state index contributed by atoms with van der Waals surface area (Å²) in [5.74, 6) is -0.0528. The zero-order valence-electron chi connectivity index (χ0n) is 10.5. The molecule has 2 rings (SSSR count). The normalized spacial score (nSPS) is 10.4. The van der Waals surface area contributed by atoms with Crippen LogP contribution in [-0.4, -0.2) is 27.9 Å². The molecule has 0 saturated carbocycles. The number of aryl methyl sites for hydroxylation is 1. The second kappa shape index (κ2) is 4.48. The van der Waals surface area contributed by atoms with Crippen molar-refractivity contribution in [1.29, 1.82) is 0 Å². The van der Waals surface area contributed by atoms with Crippen molar-refractivity contribution in [2.75, 3.05) is 11.9 Å². The van der Waals surface area contributed by atoms with Crippen molar-refractivity contribution in [2.24, 2.45) is 0 Å². The molecule has 0 aliphatic rings. The summed E-state index contributed by atoms with van der Waals surface area (Å²) in [6, 6.07) is 3.53. The first-order valence-corrected chi connectivity index (χ1v) is 5.50. The Kier molecular flexibility index (Phi) is 3.01. The monoisotopic (exact) mass is 247 g/mol. The number of rotatable bonds is 2. The van der Waals surface area contributed by atoms with E-state index in [1.165, 1.54) is 24.2 Å². The molecule has 0 unspecified atom stereocenters. The van der Waals surface area contributed by atoms with Crippen LogP contribution in [0.2, 0.25) is 0 Å². The van der Waals surface area contributed by atoms with E-state index in [0.29, 0.717) is 5.69 Å². The van der Waals surface area contributed by atoms with Gasteiger partial charge < -0.3 is 4.90 Å². The van der Waals surface area contributed by atoms with Gasteiger partial charge in [0.2, 0.25) is 18.3 Å².